The number of aryl methyl sites for hydroxylation is 1. The van der Waals surface area contributed by atoms with E-state index < -0.39 is 5.97 Å². The molecule has 1 N–H and O–H groups in total. The lowest BCUT2D eigenvalue weighted by molar-refractivity contribution is 0.0681. The Kier molecular flexibility index (Phi) is 5.49. The Morgan fingerprint density at radius 1 is 1.08 bits per heavy atom. The zero-order valence-electron chi connectivity index (χ0n) is 14.1. The molecular formula is C20H17ClN2O3. The predicted molar refractivity (Wildman–Crippen MR) is 98.8 cm³/mol. The van der Waals surface area contributed by atoms with E-state index in [0.717, 1.165) is 16.7 Å². The van der Waals surface area contributed by atoms with Crippen LogP contribution in [0.25, 0.3) is 0 Å². The second-order valence-electron chi connectivity index (χ2n) is 5.76. The van der Waals surface area contributed by atoms with E-state index in [1.165, 1.54) is 0 Å². The van der Waals surface area contributed by atoms with Gasteiger partial charge in [-0.1, -0.05) is 60.1 Å². The molecule has 3 rings (SSSR count). The smallest absolute Gasteiger partial charge is 0.374 e. The fourth-order valence-corrected chi connectivity index (χ4v) is 2.75. The molecular weight excluding hydrogens is 352 g/mol. The van der Waals surface area contributed by atoms with Crippen molar-refractivity contribution >= 4 is 17.6 Å². The number of carbonyl (C=O) groups is 1. The van der Waals surface area contributed by atoms with Crippen molar-refractivity contribution in [2.75, 3.05) is 0 Å². The molecule has 0 atom stereocenters. The van der Waals surface area contributed by atoms with Gasteiger partial charge in [-0.05, 0) is 24.1 Å². The molecule has 0 bridgehead atoms. The minimum absolute atomic E-state index is 0.263. The van der Waals surface area contributed by atoms with Crippen LogP contribution in [0.2, 0.25) is 5.02 Å². The number of hydrogen-bond acceptors (Lipinski definition) is 4. The van der Waals surface area contributed by atoms with Crippen LogP contribution in [0.15, 0.2) is 54.6 Å². The third-order valence-electron chi connectivity index (χ3n) is 3.91. The molecule has 0 radical (unpaired) electrons. The van der Waals surface area contributed by atoms with E-state index in [1.807, 2.05) is 54.6 Å². The molecule has 132 valence electrons. The topological polar surface area (TPSA) is 72.3 Å². The van der Waals surface area contributed by atoms with Crippen molar-refractivity contribution in [2.24, 2.45) is 0 Å². The first kappa shape index (κ1) is 17.9. The summed E-state index contributed by atoms with van der Waals surface area (Å²) < 4.78 is 5.85. The summed E-state index contributed by atoms with van der Waals surface area (Å²) in [4.78, 5) is 19.5. The zero-order chi connectivity index (χ0) is 18.5. The number of benzene rings is 2. The highest BCUT2D eigenvalue weighted by Crippen LogP contribution is 2.26. The molecule has 0 aliphatic rings. The maximum Gasteiger partial charge on any atom is 0.374 e. The standard InChI is InChI=1S/C20H17ClN2O3/c1-13-16(11-15-9-5-6-10-17(15)21)19(23-18(22-13)20(24)25)26-12-14-7-3-2-4-8-14/h2-10H,11-12H2,1H3,(H,24,25). The maximum absolute atomic E-state index is 11.3. The van der Waals surface area contributed by atoms with Crippen LogP contribution >= 0.6 is 11.6 Å². The van der Waals surface area contributed by atoms with Crippen LogP contribution in [0.3, 0.4) is 0 Å². The van der Waals surface area contributed by atoms with Gasteiger partial charge in [-0.2, -0.15) is 4.98 Å². The predicted octanol–water partition coefficient (Wildman–Crippen LogP) is 4.31. The molecule has 0 amide bonds. The van der Waals surface area contributed by atoms with E-state index in [2.05, 4.69) is 9.97 Å². The molecule has 26 heavy (non-hydrogen) atoms. The average Bonchev–Trinajstić information content (AvgIpc) is 2.64. The van der Waals surface area contributed by atoms with E-state index >= 15 is 0 Å². The van der Waals surface area contributed by atoms with E-state index in [1.54, 1.807) is 6.92 Å². The van der Waals surface area contributed by atoms with Crippen LogP contribution in [0, 0.1) is 6.92 Å². The Morgan fingerprint density at radius 2 is 1.77 bits per heavy atom. The molecule has 6 heteroatoms. The van der Waals surface area contributed by atoms with Crippen LogP contribution in [-0.2, 0) is 13.0 Å². The minimum atomic E-state index is -1.19. The van der Waals surface area contributed by atoms with Crippen molar-refractivity contribution < 1.29 is 14.6 Å². The number of rotatable bonds is 6. The Morgan fingerprint density at radius 3 is 2.46 bits per heavy atom. The second-order valence-corrected chi connectivity index (χ2v) is 6.17. The fourth-order valence-electron chi connectivity index (χ4n) is 2.55. The monoisotopic (exact) mass is 368 g/mol. The largest absolute Gasteiger partial charge is 0.475 e. The molecule has 0 unspecified atom stereocenters. The third kappa shape index (κ3) is 4.18. The highest BCUT2D eigenvalue weighted by molar-refractivity contribution is 6.31. The van der Waals surface area contributed by atoms with Gasteiger partial charge in [-0.25, -0.2) is 9.78 Å². The van der Waals surface area contributed by atoms with Gasteiger partial charge in [0.2, 0.25) is 11.7 Å². The van der Waals surface area contributed by atoms with Crippen molar-refractivity contribution in [3.63, 3.8) is 0 Å². The second kappa shape index (κ2) is 7.97. The molecule has 5 nitrogen and oxygen atoms in total. The third-order valence-corrected chi connectivity index (χ3v) is 4.28. The normalized spacial score (nSPS) is 10.5. The molecule has 0 spiro atoms. The van der Waals surface area contributed by atoms with Crippen LogP contribution in [0.5, 0.6) is 5.88 Å². The molecule has 0 aliphatic heterocycles. The van der Waals surface area contributed by atoms with Gasteiger partial charge in [0.05, 0.1) is 0 Å². The number of halogens is 1. The Hall–Kier alpha value is -2.92. The van der Waals surface area contributed by atoms with E-state index in [-0.39, 0.29) is 18.3 Å². The van der Waals surface area contributed by atoms with Gasteiger partial charge in [-0.15, -0.1) is 0 Å². The Labute approximate surface area is 156 Å². The molecule has 0 saturated heterocycles. The summed E-state index contributed by atoms with van der Waals surface area (Å²) in [5.41, 5.74) is 3.14. The highest BCUT2D eigenvalue weighted by Gasteiger charge is 2.18. The fraction of sp³-hybridized carbons (Fsp3) is 0.150. The van der Waals surface area contributed by atoms with Crippen molar-refractivity contribution in [1.29, 1.82) is 0 Å². The molecule has 3 aromatic rings. The molecule has 0 aliphatic carbocycles. The number of nitrogens with zero attached hydrogens (tertiary/aromatic N) is 2. The van der Waals surface area contributed by atoms with Crippen molar-refractivity contribution in [3.8, 4) is 5.88 Å². The summed E-state index contributed by atoms with van der Waals surface area (Å²) in [5, 5.41) is 9.87. The molecule has 1 aromatic heterocycles. The van der Waals surface area contributed by atoms with Gasteiger partial charge in [0.25, 0.3) is 0 Å². The van der Waals surface area contributed by atoms with Gasteiger partial charge in [0, 0.05) is 22.7 Å². The first-order valence-corrected chi connectivity index (χ1v) is 8.43. The Bertz CT molecular complexity index is 930. The quantitative estimate of drug-likeness (QED) is 0.702. The number of aromatic nitrogens is 2. The summed E-state index contributed by atoms with van der Waals surface area (Å²) in [7, 11) is 0. The van der Waals surface area contributed by atoms with Gasteiger partial charge >= 0.3 is 5.97 Å². The first-order chi connectivity index (χ1) is 12.5. The summed E-state index contributed by atoms with van der Waals surface area (Å²) in [6, 6.07) is 17.1. The van der Waals surface area contributed by atoms with Crippen molar-refractivity contribution in [3.05, 3.63) is 87.8 Å². The highest BCUT2D eigenvalue weighted by atomic mass is 35.5. The maximum atomic E-state index is 11.3. The van der Waals surface area contributed by atoms with Gasteiger partial charge in [0.1, 0.15) is 6.61 Å². The molecule has 2 aromatic carbocycles. The van der Waals surface area contributed by atoms with E-state index in [0.29, 0.717) is 17.1 Å². The lowest BCUT2D eigenvalue weighted by Crippen LogP contribution is -2.12. The number of hydrogen-bond donors (Lipinski definition) is 1. The van der Waals surface area contributed by atoms with E-state index in [4.69, 9.17) is 16.3 Å². The lowest BCUT2D eigenvalue weighted by atomic mass is 10.0. The number of aromatic carboxylic acids is 1. The SMILES string of the molecule is Cc1nc(C(=O)O)nc(OCc2ccccc2)c1Cc1ccccc1Cl. The van der Waals surface area contributed by atoms with Crippen LogP contribution in [0.4, 0.5) is 0 Å². The number of ether oxygens (including phenoxy) is 1. The number of carboxylic acid groups (broad SMARTS) is 1. The number of carboxylic acids is 1. The van der Waals surface area contributed by atoms with E-state index in [9.17, 15) is 9.90 Å². The average molecular weight is 369 g/mol. The zero-order valence-corrected chi connectivity index (χ0v) is 14.9. The van der Waals surface area contributed by atoms with Crippen molar-refractivity contribution in [2.45, 2.75) is 20.0 Å². The van der Waals surface area contributed by atoms with Crippen LogP contribution in [0.1, 0.15) is 33.0 Å². The summed E-state index contributed by atoms with van der Waals surface area (Å²) in [6.45, 7) is 2.03. The summed E-state index contributed by atoms with van der Waals surface area (Å²) in [6.07, 6.45) is 0.454. The van der Waals surface area contributed by atoms with Crippen LogP contribution < -0.4 is 4.74 Å². The minimum Gasteiger partial charge on any atom is -0.475 e. The first-order valence-electron chi connectivity index (χ1n) is 8.05. The molecule has 0 fully saturated rings. The Balaban J connectivity index is 1.96. The summed E-state index contributed by atoms with van der Waals surface area (Å²) >= 11 is 6.26. The van der Waals surface area contributed by atoms with Gasteiger partial charge in [-0.3, -0.25) is 0 Å². The van der Waals surface area contributed by atoms with Crippen LogP contribution in [-0.4, -0.2) is 21.0 Å². The van der Waals surface area contributed by atoms with Gasteiger partial charge < -0.3 is 9.84 Å². The summed E-state index contributed by atoms with van der Waals surface area (Å²) in [5.74, 6) is -1.21. The van der Waals surface area contributed by atoms with Gasteiger partial charge in [0.15, 0.2) is 0 Å². The molecule has 0 saturated carbocycles. The van der Waals surface area contributed by atoms with Crippen molar-refractivity contribution in [1.82, 2.24) is 9.97 Å². The molecule has 1 heterocycles. The lowest BCUT2D eigenvalue weighted by Gasteiger charge is -2.14.